The minimum absolute atomic E-state index is 0.0127. The first-order valence-corrected chi connectivity index (χ1v) is 43.3. The monoisotopic (exact) mass is 1500 g/mol. The molecule has 7 aromatic carbocycles. The maximum Gasteiger partial charge on any atom is 0.407 e. The Morgan fingerprint density at radius 1 is 0.519 bits per heavy atom. The lowest BCUT2D eigenvalue weighted by atomic mass is 9.83. The fourth-order valence-electron chi connectivity index (χ4n) is 17.1. The van der Waals surface area contributed by atoms with Gasteiger partial charge in [-0.2, -0.15) is 0 Å². The zero-order valence-corrected chi connectivity index (χ0v) is 69.2. The summed E-state index contributed by atoms with van der Waals surface area (Å²) in [5, 5.41) is 7.87. The third kappa shape index (κ3) is 18.2. The van der Waals surface area contributed by atoms with Crippen molar-refractivity contribution in [2.75, 3.05) is 49.2 Å². The molecule has 578 valence electrons. The molecule has 108 heavy (non-hydrogen) atoms. The lowest BCUT2D eigenvalue weighted by Crippen LogP contribution is -2.66. The van der Waals surface area contributed by atoms with E-state index in [1.165, 1.54) is 20.7 Å². The van der Waals surface area contributed by atoms with Gasteiger partial charge in [0.1, 0.15) is 18.1 Å². The van der Waals surface area contributed by atoms with Gasteiger partial charge in [0.05, 0.1) is 11.4 Å². The first-order chi connectivity index (χ1) is 51.3. The highest BCUT2D eigenvalue weighted by atomic mass is 28.4. The van der Waals surface area contributed by atoms with Gasteiger partial charge in [-0.05, 0) is 217 Å². The van der Waals surface area contributed by atoms with Crippen LogP contribution in [0.1, 0.15) is 199 Å². The molecule has 3 N–H and O–H groups in total. The van der Waals surface area contributed by atoms with Gasteiger partial charge in [0, 0.05) is 74.7 Å². The van der Waals surface area contributed by atoms with E-state index in [1.807, 2.05) is 67.3 Å². The van der Waals surface area contributed by atoms with Crippen LogP contribution in [0.4, 0.5) is 16.2 Å². The van der Waals surface area contributed by atoms with Gasteiger partial charge in [0.15, 0.2) is 11.2 Å². The quantitative estimate of drug-likeness (QED) is 0.0520. The van der Waals surface area contributed by atoms with E-state index >= 15 is 0 Å². The van der Waals surface area contributed by atoms with Gasteiger partial charge in [-0.15, -0.1) is 0 Å². The standard InChI is InChI=1S/C49H63N3O6Si.C41H57N3O4Si/c1-35(2)52(39-26-24-37(25-27-39)28-31-57-59(48(4,5)6,40-20-14-10-15-21-40)41-22-16-11-17-23-41)45(53)42-33-43-44(32-36(42)3)58-49(7,8)46(54)51(43)30-29-50-47(55)56-34-38-18-12-9-13-19-38;1-29(2)44(38(45)35-28-36-37(27-30(35)3)48-41(7,8)39(46)43(36)25-24-42)32-21-19-31(20-22-32)23-26-47-49(40(4,5)6,33-15-11-9-12-16-33)34-17-13-10-14-18-34/h9-23,32-33,35,37,39H,24-31,34H2,1-8H3,(H,50,55);9-18,27-29,31-32H,19-26,42H2,1-8H3. The molecule has 7 aromatic rings. The van der Waals surface area contributed by atoms with Crippen molar-refractivity contribution >= 4 is 78.5 Å². The van der Waals surface area contributed by atoms with Crippen LogP contribution in [-0.2, 0) is 29.8 Å². The van der Waals surface area contributed by atoms with E-state index in [0.29, 0.717) is 65.5 Å². The highest BCUT2D eigenvalue weighted by Crippen LogP contribution is 2.45. The summed E-state index contributed by atoms with van der Waals surface area (Å²) in [4.78, 5) is 75.9. The van der Waals surface area contributed by atoms with Crippen LogP contribution >= 0.6 is 0 Å². The Hall–Kier alpha value is -8.40. The lowest BCUT2D eigenvalue weighted by molar-refractivity contribution is -0.133. The van der Waals surface area contributed by atoms with Gasteiger partial charge in [-0.25, -0.2) is 4.79 Å². The SMILES string of the molecule is Cc1cc2c(cc1C(=O)N(C(C)C)C1CCC(CCO[Si](c3ccccc3)(c3ccccc3)C(C)(C)C)CC1)N(CCN)C(=O)C(C)(C)O2.Cc1cc2c(cc1C(=O)N(C(C)C)C1CCC(CCO[Si](c3ccccc3)(c3ccccc3)C(C)(C)C)CC1)N(CCNC(=O)OCc1ccccc1)C(=O)C(C)(C)O2. The van der Waals surface area contributed by atoms with Crippen molar-refractivity contribution < 1.29 is 47.0 Å². The van der Waals surface area contributed by atoms with Crippen molar-refractivity contribution in [2.45, 2.75) is 227 Å². The summed E-state index contributed by atoms with van der Waals surface area (Å²) >= 11 is 0. The van der Waals surface area contributed by atoms with Gasteiger partial charge in [-0.1, -0.05) is 193 Å². The van der Waals surface area contributed by atoms with E-state index in [-0.39, 0.29) is 77.6 Å². The molecule has 2 saturated carbocycles. The van der Waals surface area contributed by atoms with E-state index in [0.717, 1.165) is 87.5 Å². The Labute approximate surface area is 646 Å². The van der Waals surface area contributed by atoms with E-state index in [1.54, 1.807) is 43.6 Å². The molecule has 0 atom stereocenters. The molecule has 2 fully saturated rings. The number of carbonyl (C=O) groups is 5. The van der Waals surface area contributed by atoms with Gasteiger partial charge < -0.3 is 53.7 Å². The van der Waals surface area contributed by atoms with Crippen LogP contribution in [0.15, 0.2) is 176 Å². The molecule has 16 nitrogen and oxygen atoms in total. The van der Waals surface area contributed by atoms with E-state index in [9.17, 15) is 24.0 Å². The first-order valence-electron chi connectivity index (χ1n) is 39.4. The molecule has 4 aliphatic rings. The minimum Gasteiger partial charge on any atom is -0.476 e. The second-order valence-electron chi connectivity index (χ2n) is 33.7. The number of aryl methyl sites for hydroxylation is 2. The third-order valence-corrected chi connectivity index (χ3v) is 32.7. The van der Waals surface area contributed by atoms with Crippen LogP contribution in [-0.4, -0.2) is 131 Å². The Morgan fingerprint density at radius 3 is 1.18 bits per heavy atom. The topological polar surface area (TPSA) is 183 Å². The number of ether oxygens (including phenoxy) is 3. The molecule has 0 saturated heterocycles. The highest BCUT2D eigenvalue weighted by Gasteiger charge is 2.52. The third-order valence-electron chi connectivity index (χ3n) is 22.6. The van der Waals surface area contributed by atoms with Crippen molar-refractivity contribution in [3.8, 4) is 11.5 Å². The summed E-state index contributed by atoms with van der Waals surface area (Å²) in [6, 6.07) is 60.5. The largest absolute Gasteiger partial charge is 0.476 e. The average molecular weight is 1500 g/mol. The summed E-state index contributed by atoms with van der Waals surface area (Å²) in [7, 11) is -5.17. The van der Waals surface area contributed by atoms with Crippen LogP contribution in [0, 0.1) is 25.7 Å². The number of carbonyl (C=O) groups excluding carboxylic acids is 5. The number of amides is 5. The van der Waals surface area contributed by atoms with E-state index < -0.39 is 33.9 Å². The number of hydrogen-bond donors (Lipinski definition) is 2. The molecule has 2 heterocycles. The zero-order chi connectivity index (χ0) is 77.9. The predicted molar refractivity (Wildman–Crippen MR) is 441 cm³/mol. The second kappa shape index (κ2) is 35.1. The summed E-state index contributed by atoms with van der Waals surface area (Å²) in [6.45, 7) is 35.8. The Balaban J connectivity index is 0.000000234. The van der Waals surface area contributed by atoms with Gasteiger partial charge in [0.25, 0.3) is 40.3 Å². The zero-order valence-electron chi connectivity index (χ0n) is 67.2. The number of alkyl carbamates (subject to hydrolysis) is 1. The number of nitrogens with zero attached hydrogens (tertiary/aromatic N) is 4. The molecule has 2 aliphatic heterocycles. The number of rotatable bonds is 25. The predicted octanol–water partition coefficient (Wildman–Crippen LogP) is 15.6. The van der Waals surface area contributed by atoms with Gasteiger partial charge in [0.2, 0.25) is 0 Å². The van der Waals surface area contributed by atoms with Crippen molar-refractivity contribution in [3.63, 3.8) is 0 Å². The summed E-state index contributed by atoms with van der Waals surface area (Å²) < 4.78 is 32.2. The number of nitrogens with one attached hydrogen (secondary N) is 1. The molecule has 18 heteroatoms. The Kier molecular flexibility index (Phi) is 26.7. The molecule has 0 radical (unpaired) electrons. The van der Waals surface area contributed by atoms with Crippen LogP contribution in [0.25, 0.3) is 0 Å². The Bertz CT molecular complexity index is 4090. The number of anilines is 2. The van der Waals surface area contributed by atoms with Gasteiger partial charge in [-0.3, -0.25) is 19.2 Å². The van der Waals surface area contributed by atoms with Gasteiger partial charge >= 0.3 is 6.09 Å². The first kappa shape index (κ1) is 82.1. The molecular weight excluding hydrogens is 1380 g/mol. The Morgan fingerprint density at radius 2 is 0.852 bits per heavy atom. The maximum atomic E-state index is 14.6. The molecule has 0 bridgehead atoms. The molecule has 0 unspecified atom stereocenters. The van der Waals surface area contributed by atoms with Crippen LogP contribution < -0.4 is 51.1 Å². The maximum absolute atomic E-state index is 14.6. The minimum atomic E-state index is -2.60. The van der Waals surface area contributed by atoms with E-state index in [2.05, 4.69) is 201 Å². The number of hydrogen-bond acceptors (Lipinski definition) is 11. The number of fused-ring (bicyclic) bond motifs is 2. The molecule has 5 amide bonds. The molecule has 0 aromatic heterocycles. The van der Waals surface area contributed by atoms with Crippen LogP contribution in [0.5, 0.6) is 11.5 Å². The molecular formula is C90H120N6O10Si2. The number of nitrogens with two attached hydrogens (primary N) is 1. The van der Waals surface area contributed by atoms with Crippen molar-refractivity contribution in [2.24, 2.45) is 17.6 Å². The average Bonchev–Trinajstić information content (AvgIpc) is 0.762. The fourth-order valence-corrected chi connectivity index (χ4v) is 26.3. The fraction of sp³-hybridized carbons (Fsp3) is 0.478. The molecule has 0 spiro atoms. The summed E-state index contributed by atoms with van der Waals surface area (Å²) in [5.74, 6) is 1.80. The van der Waals surface area contributed by atoms with Crippen LogP contribution in [0.2, 0.25) is 10.1 Å². The van der Waals surface area contributed by atoms with E-state index in [4.69, 9.17) is 28.8 Å². The normalized spacial score (nSPS) is 18.5. The van der Waals surface area contributed by atoms with Crippen molar-refractivity contribution in [1.29, 1.82) is 0 Å². The lowest BCUT2D eigenvalue weighted by Gasteiger charge is -2.43. The molecule has 2 aliphatic carbocycles. The molecule has 11 rings (SSSR count). The summed E-state index contributed by atoms with van der Waals surface area (Å²) in [5.41, 5.74) is 8.63. The summed E-state index contributed by atoms with van der Waals surface area (Å²) in [6.07, 6.45) is 9.39. The van der Waals surface area contributed by atoms with Crippen LogP contribution in [0.3, 0.4) is 0 Å². The smallest absolute Gasteiger partial charge is 0.407 e. The number of benzene rings is 7. The van der Waals surface area contributed by atoms with Crippen molar-refractivity contribution in [1.82, 2.24) is 15.1 Å². The van der Waals surface area contributed by atoms with Crippen molar-refractivity contribution in [3.05, 3.63) is 204 Å². The second-order valence-corrected chi connectivity index (χ2v) is 42.4. The highest BCUT2D eigenvalue weighted by molar-refractivity contribution is 7.00.